The van der Waals surface area contributed by atoms with Crippen molar-refractivity contribution in [1.82, 2.24) is 4.57 Å². The molecular weight excluding hydrogens is 313 g/mol. The van der Waals surface area contributed by atoms with Gasteiger partial charge in [0.2, 0.25) is 0 Å². The van der Waals surface area contributed by atoms with E-state index in [1.165, 1.54) is 4.57 Å². The average Bonchev–Trinajstić information content (AvgIpc) is 2.59. The van der Waals surface area contributed by atoms with E-state index in [0.717, 1.165) is 17.4 Å². The van der Waals surface area contributed by atoms with E-state index in [1.807, 2.05) is 0 Å². The fourth-order valence-electron chi connectivity index (χ4n) is 2.12. The van der Waals surface area contributed by atoms with Crippen molar-refractivity contribution in [1.29, 1.82) is 5.41 Å². The van der Waals surface area contributed by atoms with Crippen LogP contribution in [0.15, 0.2) is 17.0 Å². The van der Waals surface area contributed by atoms with Gasteiger partial charge in [0.05, 0.1) is 26.4 Å². The van der Waals surface area contributed by atoms with Crippen LogP contribution in [0, 0.1) is 5.41 Å². The van der Waals surface area contributed by atoms with Crippen LogP contribution in [-0.2, 0) is 22.6 Å². The molecule has 3 rings (SSSR count). The van der Waals surface area contributed by atoms with Gasteiger partial charge >= 0.3 is 6.18 Å². The number of hydrogen-bond acceptors (Lipinski definition) is 4. The monoisotopic (exact) mass is 324 g/mol. The van der Waals surface area contributed by atoms with E-state index in [0.29, 0.717) is 6.07 Å². The van der Waals surface area contributed by atoms with Crippen LogP contribution in [0.2, 0.25) is 0 Å². The third kappa shape index (κ3) is 2.05. The Morgan fingerprint density at radius 1 is 1.30 bits per heavy atom. The van der Waals surface area contributed by atoms with Gasteiger partial charge in [-0.05, 0) is 12.1 Å². The molecule has 0 aliphatic carbocycles. The molecule has 2 heterocycles. The first kappa shape index (κ1) is 15.0. The minimum Gasteiger partial charge on any atom is -0.315 e. The molecule has 0 unspecified atom stereocenters. The topological polar surface area (TPSA) is 62.9 Å². The van der Waals surface area contributed by atoms with Crippen molar-refractivity contribution in [3.05, 3.63) is 22.5 Å². The molecule has 2 aromatic rings. The van der Waals surface area contributed by atoms with Gasteiger partial charge in [-0.3, -0.25) is 5.41 Å². The number of halogens is 3. The minimum absolute atomic E-state index is 0. The van der Waals surface area contributed by atoms with Crippen LogP contribution in [0.5, 0.6) is 0 Å². The number of aryl methyl sites for hydroxylation is 1. The Kier molecular flexibility index (Phi) is 3.25. The van der Waals surface area contributed by atoms with E-state index in [9.17, 15) is 21.6 Å². The molecule has 4 nitrogen and oxygen atoms in total. The first-order valence-corrected chi connectivity index (χ1v) is 7.69. The number of nitrogens with one attached hydrogen (secondary N) is 1. The lowest BCUT2D eigenvalue weighted by Gasteiger charge is -2.17. The lowest BCUT2D eigenvalue weighted by Crippen LogP contribution is -2.25. The van der Waals surface area contributed by atoms with Gasteiger partial charge in [0.15, 0.2) is 14.6 Å². The summed E-state index contributed by atoms with van der Waals surface area (Å²) in [4.78, 5) is -0.260. The van der Waals surface area contributed by atoms with Gasteiger partial charge in [-0.15, -0.1) is 0 Å². The molecule has 0 fully saturated rings. The van der Waals surface area contributed by atoms with E-state index in [2.05, 4.69) is 0 Å². The van der Waals surface area contributed by atoms with Crippen LogP contribution in [-0.4, -0.2) is 18.7 Å². The van der Waals surface area contributed by atoms with Crippen LogP contribution in [0.1, 0.15) is 13.0 Å². The Morgan fingerprint density at radius 2 is 1.95 bits per heavy atom. The van der Waals surface area contributed by atoms with Crippen LogP contribution in [0.3, 0.4) is 0 Å². The molecular formula is C11H11F3N2O2S2. The molecule has 1 aromatic carbocycles. The molecule has 0 saturated carbocycles. The molecule has 1 aliphatic rings. The summed E-state index contributed by atoms with van der Waals surface area (Å²) in [5.41, 5.74) is -0.775. The predicted molar refractivity (Wildman–Crippen MR) is 69.5 cm³/mol. The summed E-state index contributed by atoms with van der Waals surface area (Å²) >= 11 is 0.854. The Hall–Kier alpha value is -1.35. The molecule has 0 bridgehead atoms. The normalized spacial score (nSPS) is 16.9. The Morgan fingerprint density at radius 3 is 2.55 bits per heavy atom. The van der Waals surface area contributed by atoms with Crippen molar-refractivity contribution in [2.45, 2.75) is 25.0 Å². The Labute approximate surface area is 116 Å². The van der Waals surface area contributed by atoms with Gasteiger partial charge in [-0.1, -0.05) is 18.8 Å². The number of alkyl halides is 3. The quantitative estimate of drug-likeness (QED) is 0.810. The number of rotatable bonds is 0. The zero-order valence-corrected chi connectivity index (χ0v) is 10.9. The Balaban J connectivity index is 0.00000147. The van der Waals surface area contributed by atoms with E-state index < -0.39 is 21.6 Å². The van der Waals surface area contributed by atoms with Crippen molar-refractivity contribution >= 4 is 31.4 Å². The molecule has 0 spiro atoms. The molecule has 0 saturated heterocycles. The Bertz CT molecular complexity index is 847. The maximum absolute atomic E-state index is 12.8. The number of hydrogen-bond donors (Lipinski definition) is 1. The van der Waals surface area contributed by atoms with Crippen LogP contribution in [0.25, 0.3) is 10.2 Å². The maximum atomic E-state index is 12.8. The van der Waals surface area contributed by atoms with Gasteiger partial charge in [0.25, 0.3) is 0 Å². The molecule has 0 atom stereocenters. The van der Waals surface area contributed by atoms with Crippen molar-refractivity contribution < 1.29 is 21.6 Å². The standard InChI is InChI=1S/C10H7F3N2O2S2.CH4/c11-10(12,13)5-3-6-8-7(4-5)19(16,17)2-1-15(8)9(14)18-6;/h3-4,14H,1-2H2;1H4. The fraction of sp³-hybridized carbons (Fsp3) is 0.364. The van der Waals surface area contributed by atoms with E-state index in [1.54, 1.807) is 0 Å². The highest BCUT2D eigenvalue weighted by Gasteiger charge is 2.35. The SMILES string of the molecule is C.N=c1sc2cc(C(F)(F)F)cc3c2n1CCS3(=O)=O. The summed E-state index contributed by atoms with van der Waals surface area (Å²) < 4.78 is 63.7. The number of benzene rings is 1. The highest BCUT2D eigenvalue weighted by atomic mass is 32.2. The van der Waals surface area contributed by atoms with E-state index in [4.69, 9.17) is 5.41 Å². The molecule has 1 aromatic heterocycles. The molecule has 20 heavy (non-hydrogen) atoms. The fourth-order valence-corrected chi connectivity index (χ4v) is 4.65. The third-order valence-corrected chi connectivity index (χ3v) is 5.65. The summed E-state index contributed by atoms with van der Waals surface area (Å²) in [5, 5.41) is 7.69. The molecule has 9 heteroatoms. The first-order valence-electron chi connectivity index (χ1n) is 5.22. The number of sulfone groups is 1. The first-order chi connectivity index (χ1) is 8.70. The second-order valence-electron chi connectivity index (χ2n) is 4.20. The summed E-state index contributed by atoms with van der Waals surface area (Å²) in [6.45, 7) is 0.111. The zero-order valence-electron chi connectivity index (χ0n) is 9.28. The van der Waals surface area contributed by atoms with Crippen molar-refractivity contribution in [3.8, 4) is 0 Å². The van der Waals surface area contributed by atoms with Gasteiger partial charge in [-0.2, -0.15) is 13.2 Å². The largest absolute Gasteiger partial charge is 0.416 e. The summed E-state index contributed by atoms with van der Waals surface area (Å²) in [5.74, 6) is -0.274. The van der Waals surface area contributed by atoms with Gasteiger partial charge in [0, 0.05) is 6.54 Å². The number of aromatic nitrogens is 1. The molecule has 110 valence electrons. The molecule has 1 N–H and O–H groups in total. The van der Waals surface area contributed by atoms with Gasteiger partial charge < -0.3 is 4.57 Å². The summed E-state index contributed by atoms with van der Waals surface area (Å²) in [6, 6.07) is 1.57. The minimum atomic E-state index is -4.60. The van der Waals surface area contributed by atoms with Crippen molar-refractivity contribution in [2.75, 3.05) is 5.75 Å². The van der Waals surface area contributed by atoms with Crippen LogP contribution in [0.4, 0.5) is 13.2 Å². The number of nitrogens with zero attached hydrogens (tertiary/aromatic N) is 1. The van der Waals surface area contributed by atoms with Crippen molar-refractivity contribution in [3.63, 3.8) is 0 Å². The number of thiazole rings is 1. The van der Waals surface area contributed by atoms with Crippen LogP contribution < -0.4 is 4.80 Å². The smallest absolute Gasteiger partial charge is 0.315 e. The second-order valence-corrected chi connectivity index (χ2v) is 7.30. The third-order valence-electron chi connectivity index (χ3n) is 3.01. The zero-order chi connectivity index (χ0) is 14.0. The van der Waals surface area contributed by atoms with E-state index >= 15 is 0 Å². The molecule has 0 amide bonds. The average molecular weight is 324 g/mol. The van der Waals surface area contributed by atoms with E-state index in [-0.39, 0.29) is 39.6 Å². The molecule has 1 aliphatic heterocycles. The maximum Gasteiger partial charge on any atom is 0.416 e. The highest BCUT2D eigenvalue weighted by Crippen LogP contribution is 2.37. The predicted octanol–water partition coefficient (Wildman–Crippen LogP) is 2.62. The van der Waals surface area contributed by atoms with Gasteiger partial charge in [0.1, 0.15) is 0 Å². The highest BCUT2D eigenvalue weighted by molar-refractivity contribution is 7.91. The lowest BCUT2D eigenvalue weighted by molar-refractivity contribution is -0.137. The van der Waals surface area contributed by atoms with Gasteiger partial charge in [-0.25, -0.2) is 8.42 Å². The lowest BCUT2D eigenvalue weighted by atomic mass is 10.2. The summed E-state index contributed by atoms with van der Waals surface area (Å²) in [6.07, 6.45) is -4.60. The summed E-state index contributed by atoms with van der Waals surface area (Å²) in [7, 11) is -3.72. The second kappa shape index (κ2) is 4.32. The van der Waals surface area contributed by atoms with Crippen molar-refractivity contribution in [2.24, 2.45) is 0 Å². The molecule has 0 radical (unpaired) electrons. The van der Waals surface area contributed by atoms with Crippen LogP contribution >= 0.6 is 11.3 Å².